The third kappa shape index (κ3) is 3.28. The van der Waals surface area contributed by atoms with Crippen molar-refractivity contribution in [1.82, 2.24) is 4.98 Å². The molecule has 1 aromatic heterocycles. The molecule has 0 saturated heterocycles. The van der Waals surface area contributed by atoms with Crippen molar-refractivity contribution in [2.75, 3.05) is 10.5 Å². The number of nitrogens with zero attached hydrogens (tertiary/aromatic N) is 1. The quantitative estimate of drug-likeness (QED) is 0.585. The van der Waals surface area contributed by atoms with Crippen LogP contribution >= 0.6 is 31.9 Å². The Kier molecular flexibility index (Phi) is 4.31. The van der Waals surface area contributed by atoms with Gasteiger partial charge in [0.25, 0.3) is 10.0 Å². The number of aromatic nitrogens is 1. The molecule has 0 saturated carbocycles. The molecule has 2 rings (SSSR count). The van der Waals surface area contributed by atoms with Crippen molar-refractivity contribution in [2.24, 2.45) is 0 Å². The number of hydrogen-bond donors (Lipinski definition) is 2. The third-order valence-electron chi connectivity index (χ3n) is 2.32. The second-order valence-electron chi connectivity index (χ2n) is 3.78. The number of halogens is 3. The highest BCUT2D eigenvalue weighted by Gasteiger charge is 2.20. The van der Waals surface area contributed by atoms with E-state index in [2.05, 4.69) is 41.6 Å². The van der Waals surface area contributed by atoms with E-state index in [1.807, 2.05) is 0 Å². The Morgan fingerprint density at radius 2 is 1.95 bits per heavy atom. The van der Waals surface area contributed by atoms with Crippen LogP contribution < -0.4 is 10.5 Å². The molecule has 0 aliphatic rings. The molecular weight excluding hydrogens is 417 g/mol. The van der Waals surface area contributed by atoms with Crippen molar-refractivity contribution in [3.8, 4) is 0 Å². The Morgan fingerprint density at radius 1 is 1.25 bits per heavy atom. The second kappa shape index (κ2) is 5.66. The molecular formula is C11H8Br2FN3O2S. The molecule has 20 heavy (non-hydrogen) atoms. The highest BCUT2D eigenvalue weighted by molar-refractivity contribution is 9.10. The molecule has 9 heteroatoms. The molecule has 3 N–H and O–H groups in total. The van der Waals surface area contributed by atoms with Crippen LogP contribution in [0.15, 0.2) is 44.4 Å². The normalized spacial score (nSPS) is 11.3. The van der Waals surface area contributed by atoms with Gasteiger partial charge in [0.2, 0.25) is 0 Å². The van der Waals surface area contributed by atoms with Gasteiger partial charge in [-0.2, -0.15) is 0 Å². The van der Waals surface area contributed by atoms with Crippen LogP contribution in [0.3, 0.4) is 0 Å². The van der Waals surface area contributed by atoms with Crippen LogP contribution in [0.1, 0.15) is 0 Å². The molecule has 0 amide bonds. The number of nitrogen functional groups attached to an aromatic ring is 1. The van der Waals surface area contributed by atoms with Crippen molar-refractivity contribution in [2.45, 2.75) is 4.90 Å². The minimum Gasteiger partial charge on any atom is -0.398 e. The van der Waals surface area contributed by atoms with E-state index >= 15 is 0 Å². The maximum absolute atomic E-state index is 13.3. The van der Waals surface area contributed by atoms with Crippen molar-refractivity contribution >= 4 is 53.3 Å². The van der Waals surface area contributed by atoms with E-state index in [4.69, 9.17) is 5.73 Å². The molecule has 0 bridgehead atoms. The summed E-state index contributed by atoms with van der Waals surface area (Å²) in [5, 5.41) is 0. The summed E-state index contributed by atoms with van der Waals surface area (Å²) < 4.78 is 40.6. The summed E-state index contributed by atoms with van der Waals surface area (Å²) in [7, 11) is -3.92. The summed E-state index contributed by atoms with van der Waals surface area (Å²) >= 11 is 6.07. The number of nitrogens with two attached hydrogens (primary N) is 1. The number of anilines is 2. The van der Waals surface area contributed by atoms with Crippen LogP contribution in [0.2, 0.25) is 0 Å². The first kappa shape index (κ1) is 15.2. The van der Waals surface area contributed by atoms with E-state index < -0.39 is 15.8 Å². The molecule has 2 aromatic rings. The Hall–Kier alpha value is -1.19. The predicted octanol–water partition coefficient (Wildman–Crippen LogP) is 3.13. The van der Waals surface area contributed by atoms with Crippen LogP contribution in [0.25, 0.3) is 0 Å². The van der Waals surface area contributed by atoms with E-state index in [1.54, 1.807) is 6.07 Å². The summed E-state index contributed by atoms with van der Waals surface area (Å²) in [5.41, 5.74) is 5.64. The van der Waals surface area contributed by atoms with Crippen LogP contribution in [-0.2, 0) is 10.0 Å². The van der Waals surface area contributed by atoms with Gasteiger partial charge in [0.05, 0.1) is 22.0 Å². The average molecular weight is 425 g/mol. The maximum atomic E-state index is 13.3. The van der Waals surface area contributed by atoms with Crippen LogP contribution in [-0.4, -0.2) is 13.4 Å². The van der Waals surface area contributed by atoms with E-state index in [-0.39, 0.29) is 20.7 Å². The lowest BCUT2D eigenvalue weighted by atomic mass is 10.3. The van der Waals surface area contributed by atoms with E-state index in [0.29, 0.717) is 4.60 Å². The zero-order valence-electron chi connectivity index (χ0n) is 9.77. The van der Waals surface area contributed by atoms with Crippen LogP contribution in [0, 0.1) is 5.82 Å². The fraction of sp³-hybridized carbons (Fsp3) is 0. The summed E-state index contributed by atoms with van der Waals surface area (Å²) in [6.07, 6.45) is 1.34. The van der Waals surface area contributed by atoms with Gasteiger partial charge in [0.1, 0.15) is 15.3 Å². The lowest BCUT2D eigenvalue weighted by Crippen LogP contribution is -2.15. The molecule has 106 valence electrons. The first-order valence-corrected chi connectivity index (χ1v) is 8.25. The Morgan fingerprint density at radius 3 is 2.55 bits per heavy atom. The molecule has 0 fully saturated rings. The van der Waals surface area contributed by atoms with Gasteiger partial charge in [-0.15, -0.1) is 0 Å². The first-order valence-electron chi connectivity index (χ1n) is 5.18. The summed E-state index contributed by atoms with van der Waals surface area (Å²) in [4.78, 5) is 3.69. The number of hydrogen-bond acceptors (Lipinski definition) is 4. The predicted molar refractivity (Wildman–Crippen MR) is 81.3 cm³/mol. The van der Waals surface area contributed by atoms with Crippen molar-refractivity contribution in [3.05, 3.63) is 45.4 Å². The molecule has 0 radical (unpaired) electrons. The lowest BCUT2D eigenvalue weighted by molar-refractivity contribution is 0.599. The van der Waals surface area contributed by atoms with Gasteiger partial charge in [0, 0.05) is 0 Å². The van der Waals surface area contributed by atoms with Crippen molar-refractivity contribution < 1.29 is 12.8 Å². The number of rotatable bonds is 3. The Labute approximate surface area is 131 Å². The third-order valence-corrected chi connectivity index (χ3v) is 4.84. The fourth-order valence-corrected chi connectivity index (χ4v) is 3.34. The fourth-order valence-electron chi connectivity index (χ4n) is 1.42. The van der Waals surface area contributed by atoms with Gasteiger partial charge in [-0.3, -0.25) is 4.72 Å². The highest BCUT2D eigenvalue weighted by Crippen LogP contribution is 2.27. The van der Waals surface area contributed by atoms with E-state index in [9.17, 15) is 12.8 Å². The lowest BCUT2D eigenvalue weighted by Gasteiger charge is -2.10. The maximum Gasteiger partial charge on any atom is 0.264 e. The zero-order valence-corrected chi connectivity index (χ0v) is 13.8. The highest BCUT2D eigenvalue weighted by atomic mass is 79.9. The minimum atomic E-state index is -3.92. The average Bonchev–Trinajstić information content (AvgIpc) is 2.36. The van der Waals surface area contributed by atoms with Crippen LogP contribution in [0.4, 0.5) is 15.8 Å². The number of benzene rings is 1. The van der Waals surface area contributed by atoms with Crippen molar-refractivity contribution in [3.63, 3.8) is 0 Å². The molecule has 0 atom stereocenters. The summed E-state index contributed by atoms with van der Waals surface area (Å²) in [6.45, 7) is 0. The van der Waals surface area contributed by atoms with E-state index in [1.165, 1.54) is 12.3 Å². The summed E-state index contributed by atoms with van der Waals surface area (Å²) in [5.74, 6) is -0.633. The minimum absolute atomic E-state index is 0.0148. The smallest absolute Gasteiger partial charge is 0.264 e. The summed E-state index contributed by atoms with van der Waals surface area (Å²) in [6, 6.07) is 5.17. The largest absolute Gasteiger partial charge is 0.398 e. The van der Waals surface area contributed by atoms with E-state index in [0.717, 1.165) is 12.1 Å². The zero-order chi connectivity index (χ0) is 14.9. The number of pyridine rings is 1. The molecule has 0 aliphatic carbocycles. The van der Waals surface area contributed by atoms with Gasteiger partial charge < -0.3 is 5.73 Å². The van der Waals surface area contributed by atoms with Crippen LogP contribution in [0.5, 0.6) is 0 Å². The van der Waals surface area contributed by atoms with Gasteiger partial charge in [-0.1, -0.05) is 0 Å². The molecule has 0 unspecified atom stereocenters. The molecule has 1 aromatic carbocycles. The molecule has 1 heterocycles. The monoisotopic (exact) mass is 423 g/mol. The topological polar surface area (TPSA) is 85.1 Å². The van der Waals surface area contributed by atoms with Gasteiger partial charge in [-0.05, 0) is 56.1 Å². The van der Waals surface area contributed by atoms with Crippen molar-refractivity contribution in [1.29, 1.82) is 0 Å². The molecule has 5 nitrogen and oxygen atoms in total. The Balaban J connectivity index is 2.40. The SMILES string of the molecule is Nc1cc(F)c(Br)cc1S(=O)(=O)Nc1ccc(Br)nc1. The first-order chi connectivity index (χ1) is 9.29. The molecule has 0 spiro atoms. The number of sulfonamides is 1. The Bertz CT molecular complexity index is 751. The second-order valence-corrected chi connectivity index (χ2v) is 7.10. The number of nitrogens with one attached hydrogen (secondary N) is 1. The van der Waals surface area contributed by atoms with Gasteiger partial charge >= 0.3 is 0 Å². The molecule has 0 aliphatic heterocycles. The van der Waals surface area contributed by atoms with Gasteiger partial charge in [-0.25, -0.2) is 17.8 Å². The standard InChI is InChI=1S/C11H8Br2FN3O2S/c12-7-3-10(9(15)4-8(7)14)20(18,19)17-6-1-2-11(13)16-5-6/h1-5,17H,15H2. The van der Waals surface area contributed by atoms with Gasteiger partial charge in [0.15, 0.2) is 0 Å².